The summed E-state index contributed by atoms with van der Waals surface area (Å²) in [6.07, 6.45) is 8.20. The van der Waals surface area contributed by atoms with E-state index in [1.165, 1.54) is 6.20 Å². The number of aromatic nitrogens is 1. The summed E-state index contributed by atoms with van der Waals surface area (Å²) in [5, 5.41) is 0. The van der Waals surface area contributed by atoms with Gasteiger partial charge in [-0.15, -0.1) is 0 Å². The van der Waals surface area contributed by atoms with Gasteiger partial charge in [0.1, 0.15) is 5.75 Å². The Morgan fingerprint density at radius 3 is 2.86 bits per heavy atom. The van der Waals surface area contributed by atoms with E-state index in [2.05, 4.69) is 26.9 Å². The van der Waals surface area contributed by atoms with E-state index in [0.717, 1.165) is 37.4 Å². The van der Waals surface area contributed by atoms with Crippen LogP contribution in [-0.4, -0.2) is 61.9 Å². The number of anilines is 1. The van der Waals surface area contributed by atoms with Crippen LogP contribution >= 0.6 is 0 Å². The van der Waals surface area contributed by atoms with Crippen LogP contribution in [0.4, 0.5) is 10.1 Å². The molecule has 2 aliphatic heterocycles. The predicted molar refractivity (Wildman–Crippen MR) is 108 cm³/mol. The molecule has 0 amide bonds. The summed E-state index contributed by atoms with van der Waals surface area (Å²) in [7, 11) is 1.67. The first-order valence-electron chi connectivity index (χ1n) is 9.69. The minimum atomic E-state index is -0.267. The molecule has 4 rings (SSSR count). The zero-order chi connectivity index (χ0) is 19.4. The van der Waals surface area contributed by atoms with Gasteiger partial charge in [0.05, 0.1) is 31.2 Å². The molecule has 3 heterocycles. The van der Waals surface area contributed by atoms with Gasteiger partial charge in [-0.2, -0.15) is 0 Å². The van der Waals surface area contributed by atoms with Gasteiger partial charge in [0, 0.05) is 38.9 Å². The molecule has 0 bridgehead atoms. The molecule has 0 aliphatic carbocycles. The Hall–Kier alpha value is -2.44. The lowest BCUT2D eigenvalue weighted by molar-refractivity contribution is -0.0466. The van der Waals surface area contributed by atoms with Crippen LogP contribution in [0, 0.1) is 5.82 Å². The standard InChI is InChI=1S/C22H26FN3O2/c1-27-19-6-4-18(5-7-19)3-2-11-25-12-9-22(16-25)17-26(13-14-28-22)21-8-10-24-15-20(21)23/h2-8,10,15H,9,11-14,16-17H2,1H3. The average Bonchev–Trinajstić information content (AvgIpc) is 3.10. The summed E-state index contributed by atoms with van der Waals surface area (Å²) in [5.74, 6) is 0.597. The normalized spacial score (nSPS) is 23.0. The van der Waals surface area contributed by atoms with Crippen LogP contribution in [0.25, 0.3) is 6.08 Å². The number of hydrogen-bond donors (Lipinski definition) is 0. The number of pyridine rings is 1. The second kappa shape index (κ2) is 8.29. The first-order valence-corrected chi connectivity index (χ1v) is 9.69. The van der Waals surface area contributed by atoms with E-state index in [-0.39, 0.29) is 11.4 Å². The maximum Gasteiger partial charge on any atom is 0.164 e. The summed E-state index contributed by atoms with van der Waals surface area (Å²) in [5.41, 5.74) is 1.56. The van der Waals surface area contributed by atoms with Crippen molar-refractivity contribution in [3.63, 3.8) is 0 Å². The van der Waals surface area contributed by atoms with E-state index in [1.54, 1.807) is 19.4 Å². The lowest BCUT2D eigenvalue weighted by Gasteiger charge is -2.41. The molecule has 148 valence electrons. The molecule has 6 heteroatoms. The van der Waals surface area contributed by atoms with Gasteiger partial charge in [-0.3, -0.25) is 9.88 Å². The van der Waals surface area contributed by atoms with Crippen molar-refractivity contribution in [2.45, 2.75) is 12.0 Å². The molecule has 1 atom stereocenters. The van der Waals surface area contributed by atoms with E-state index >= 15 is 0 Å². The molecule has 2 saturated heterocycles. The molecule has 2 fully saturated rings. The molecule has 1 spiro atoms. The molecule has 2 aromatic rings. The molecule has 0 N–H and O–H groups in total. The van der Waals surface area contributed by atoms with E-state index in [9.17, 15) is 4.39 Å². The molecule has 1 aromatic carbocycles. The maximum atomic E-state index is 14.1. The third-order valence-corrected chi connectivity index (χ3v) is 5.53. The largest absolute Gasteiger partial charge is 0.497 e. The van der Waals surface area contributed by atoms with Gasteiger partial charge in [0.2, 0.25) is 0 Å². The van der Waals surface area contributed by atoms with Crippen molar-refractivity contribution in [1.29, 1.82) is 0 Å². The van der Waals surface area contributed by atoms with E-state index < -0.39 is 0 Å². The molecular weight excluding hydrogens is 357 g/mol. The van der Waals surface area contributed by atoms with Crippen molar-refractivity contribution in [1.82, 2.24) is 9.88 Å². The van der Waals surface area contributed by atoms with Gasteiger partial charge in [-0.25, -0.2) is 4.39 Å². The zero-order valence-corrected chi connectivity index (χ0v) is 16.2. The fraction of sp³-hybridized carbons (Fsp3) is 0.409. The summed E-state index contributed by atoms with van der Waals surface area (Å²) >= 11 is 0. The Kier molecular flexibility index (Phi) is 5.59. The first kappa shape index (κ1) is 18.9. The second-order valence-electron chi connectivity index (χ2n) is 7.44. The van der Waals surface area contributed by atoms with Gasteiger partial charge in [0.15, 0.2) is 5.82 Å². The van der Waals surface area contributed by atoms with Crippen molar-refractivity contribution < 1.29 is 13.9 Å². The number of likely N-dealkylation sites (tertiary alicyclic amines) is 1. The molecule has 28 heavy (non-hydrogen) atoms. The number of rotatable bonds is 5. The Labute approximate surface area is 165 Å². The zero-order valence-electron chi connectivity index (χ0n) is 16.2. The van der Waals surface area contributed by atoms with Crippen molar-refractivity contribution in [2.75, 3.05) is 51.3 Å². The van der Waals surface area contributed by atoms with Gasteiger partial charge in [-0.05, 0) is 30.2 Å². The fourth-order valence-electron chi connectivity index (χ4n) is 4.06. The fourth-order valence-corrected chi connectivity index (χ4v) is 4.06. The summed E-state index contributed by atoms with van der Waals surface area (Å²) in [6.45, 7) is 4.77. The molecule has 0 saturated carbocycles. The Morgan fingerprint density at radius 1 is 1.21 bits per heavy atom. The molecule has 2 aliphatic rings. The van der Waals surface area contributed by atoms with Crippen LogP contribution in [-0.2, 0) is 4.74 Å². The SMILES string of the molecule is COc1ccc(C=CCN2CCC3(C2)CN(c2ccncc2F)CCO3)cc1. The number of hydrogen-bond acceptors (Lipinski definition) is 5. The van der Waals surface area contributed by atoms with Crippen LogP contribution in [0.3, 0.4) is 0 Å². The third-order valence-electron chi connectivity index (χ3n) is 5.53. The maximum absolute atomic E-state index is 14.1. The Balaban J connectivity index is 1.35. The number of nitrogens with zero attached hydrogens (tertiary/aromatic N) is 3. The van der Waals surface area contributed by atoms with E-state index in [1.807, 2.05) is 24.3 Å². The highest BCUT2D eigenvalue weighted by Crippen LogP contribution is 2.32. The highest BCUT2D eigenvalue weighted by molar-refractivity contribution is 5.51. The van der Waals surface area contributed by atoms with Crippen molar-refractivity contribution >= 4 is 11.8 Å². The van der Waals surface area contributed by atoms with E-state index in [0.29, 0.717) is 25.4 Å². The second-order valence-corrected chi connectivity index (χ2v) is 7.44. The number of benzene rings is 1. The highest BCUT2D eigenvalue weighted by Gasteiger charge is 2.42. The van der Waals surface area contributed by atoms with Crippen LogP contribution < -0.4 is 9.64 Å². The van der Waals surface area contributed by atoms with Gasteiger partial charge in [0.25, 0.3) is 0 Å². The Morgan fingerprint density at radius 2 is 2.07 bits per heavy atom. The molecule has 1 aromatic heterocycles. The molecule has 1 unspecified atom stereocenters. The Bertz CT molecular complexity index is 827. The van der Waals surface area contributed by atoms with Crippen molar-refractivity contribution in [3.8, 4) is 5.75 Å². The monoisotopic (exact) mass is 383 g/mol. The lowest BCUT2D eigenvalue weighted by atomic mass is 10.00. The van der Waals surface area contributed by atoms with Gasteiger partial charge < -0.3 is 14.4 Å². The number of methoxy groups -OCH3 is 1. The van der Waals surface area contributed by atoms with E-state index in [4.69, 9.17) is 9.47 Å². The average molecular weight is 383 g/mol. The van der Waals surface area contributed by atoms with Crippen molar-refractivity contribution in [2.24, 2.45) is 0 Å². The first-order chi connectivity index (χ1) is 13.7. The predicted octanol–water partition coefficient (Wildman–Crippen LogP) is 3.22. The van der Waals surface area contributed by atoms with Crippen LogP contribution in [0.5, 0.6) is 5.75 Å². The number of ether oxygens (including phenoxy) is 2. The quantitative estimate of drug-likeness (QED) is 0.793. The summed E-state index contributed by atoms with van der Waals surface area (Å²) in [4.78, 5) is 8.34. The van der Waals surface area contributed by atoms with Gasteiger partial charge >= 0.3 is 0 Å². The summed E-state index contributed by atoms with van der Waals surface area (Å²) in [6, 6.07) is 9.78. The van der Waals surface area contributed by atoms with Crippen LogP contribution in [0.1, 0.15) is 12.0 Å². The molecular formula is C22H26FN3O2. The van der Waals surface area contributed by atoms with Crippen LogP contribution in [0.15, 0.2) is 48.8 Å². The third kappa shape index (κ3) is 4.18. The number of morpholine rings is 1. The minimum Gasteiger partial charge on any atom is -0.497 e. The minimum absolute atomic E-state index is 0.220. The van der Waals surface area contributed by atoms with Crippen LogP contribution in [0.2, 0.25) is 0 Å². The van der Waals surface area contributed by atoms with Gasteiger partial charge in [-0.1, -0.05) is 24.3 Å². The summed E-state index contributed by atoms with van der Waals surface area (Å²) < 4.78 is 25.5. The molecule has 0 radical (unpaired) electrons. The lowest BCUT2D eigenvalue weighted by Crippen LogP contribution is -2.53. The smallest absolute Gasteiger partial charge is 0.164 e. The highest BCUT2D eigenvalue weighted by atomic mass is 19.1. The number of halogens is 1. The topological polar surface area (TPSA) is 37.8 Å². The molecule has 5 nitrogen and oxygen atoms in total. The van der Waals surface area contributed by atoms with Crippen molar-refractivity contribution in [3.05, 3.63) is 60.2 Å².